The number of ether oxygens (including phenoxy) is 1. The summed E-state index contributed by atoms with van der Waals surface area (Å²) in [5, 5.41) is 12.4. The molecule has 7 heteroatoms. The molecule has 0 bridgehead atoms. The molecular formula is C15H17N3O3S. The molecule has 0 aromatic carbocycles. The molecule has 0 saturated carbocycles. The Bertz CT molecular complexity index is 652. The Kier molecular flexibility index (Phi) is 5.39. The number of nitriles is 1. The van der Waals surface area contributed by atoms with Crippen molar-refractivity contribution in [3.05, 3.63) is 22.4 Å². The number of hydrogen-bond acceptors (Lipinski definition) is 6. The fourth-order valence-corrected chi connectivity index (χ4v) is 3.30. The molecule has 116 valence electrons. The third-order valence-electron chi connectivity index (χ3n) is 3.58. The molecule has 1 aliphatic rings. The van der Waals surface area contributed by atoms with Gasteiger partial charge in [-0.2, -0.15) is 5.26 Å². The van der Waals surface area contributed by atoms with Gasteiger partial charge in [0.1, 0.15) is 17.6 Å². The first-order valence-corrected chi connectivity index (χ1v) is 7.94. The van der Waals surface area contributed by atoms with Crippen molar-refractivity contribution >= 4 is 23.6 Å². The molecule has 1 N–H and O–H groups in total. The van der Waals surface area contributed by atoms with Crippen molar-refractivity contribution in [2.24, 2.45) is 0 Å². The zero-order chi connectivity index (χ0) is 16.1. The van der Waals surface area contributed by atoms with Crippen LogP contribution in [0.15, 0.2) is 5.03 Å². The van der Waals surface area contributed by atoms with Gasteiger partial charge in [-0.15, -0.1) is 0 Å². The number of fused-ring (bicyclic) bond motifs is 1. The van der Waals surface area contributed by atoms with Crippen LogP contribution in [0.1, 0.15) is 28.8 Å². The van der Waals surface area contributed by atoms with Gasteiger partial charge in [-0.25, -0.2) is 4.98 Å². The second-order valence-corrected chi connectivity index (χ2v) is 5.91. The highest BCUT2D eigenvalue weighted by molar-refractivity contribution is 8.00. The number of carbonyl (C=O) groups is 2. The highest BCUT2D eigenvalue weighted by Crippen LogP contribution is 2.31. The van der Waals surface area contributed by atoms with E-state index < -0.39 is 5.97 Å². The molecule has 1 aromatic rings. The van der Waals surface area contributed by atoms with Gasteiger partial charge in [-0.1, -0.05) is 11.8 Å². The van der Waals surface area contributed by atoms with Crippen molar-refractivity contribution in [2.45, 2.75) is 31.2 Å². The first-order valence-electron chi connectivity index (χ1n) is 6.95. The van der Waals surface area contributed by atoms with Crippen molar-refractivity contribution in [3.63, 3.8) is 0 Å². The van der Waals surface area contributed by atoms with Gasteiger partial charge in [0, 0.05) is 5.69 Å². The van der Waals surface area contributed by atoms with E-state index in [1.165, 1.54) is 24.4 Å². The maximum Gasteiger partial charge on any atom is 0.325 e. The maximum atomic E-state index is 11.7. The summed E-state index contributed by atoms with van der Waals surface area (Å²) in [5.41, 5.74) is 3.74. The summed E-state index contributed by atoms with van der Waals surface area (Å²) in [5.74, 6) is -0.682. The molecule has 0 saturated heterocycles. The van der Waals surface area contributed by atoms with Crippen LogP contribution in [-0.4, -0.2) is 36.3 Å². The van der Waals surface area contributed by atoms with Crippen LogP contribution in [0.2, 0.25) is 0 Å². The lowest BCUT2D eigenvalue weighted by atomic mass is 10.0. The normalized spacial score (nSPS) is 12.4. The van der Waals surface area contributed by atoms with Crippen LogP contribution in [-0.2, 0) is 27.2 Å². The molecular weight excluding hydrogens is 302 g/mol. The number of aryl methyl sites for hydroxylation is 1. The van der Waals surface area contributed by atoms with E-state index in [0.717, 1.165) is 30.5 Å². The van der Waals surface area contributed by atoms with Crippen LogP contribution in [0, 0.1) is 18.3 Å². The number of methoxy groups -OCH3 is 1. The Balaban J connectivity index is 2.04. The van der Waals surface area contributed by atoms with E-state index in [-0.39, 0.29) is 18.2 Å². The van der Waals surface area contributed by atoms with Gasteiger partial charge in [-0.05, 0) is 37.3 Å². The molecule has 1 aromatic heterocycles. The second kappa shape index (κ2) is 7.27. The molecule has 1 heterocycles. The molecule has 22 heavy (non-hydrogen) atoms. The van der Waals surface area contributed by atoms with Gasteiger partial charge in [0.05, 0.1) is 18.4 Å². The predicted octanol–water partition coefficient (Wildman–Crippen LogP) is 1.13. The number of hydrogen-bond donors (Lipinski definition) is 1. The van der Waals surface area contributed by atoms with Crippen LogP contribution < -0.4 is 5.32 Å². The number of carbonyl (C=O) groups excluding carboxylic acids is 2. The van der Waals surface area contributed by atoms with Crippen molar-refractivity contribution < 1.29 is 14.3 Å². The van der Waals surface area contributed by atoms with Gasteiger partial charge in [0.25, 0.3) is 0 Å². The first-order chi connectivity index (χ1) is 10.6. The Morgan fingerprint density at radius 1 is 1.45 bits per heavy atom. The topological polar surface area (TPSA) is 92.1 Å². The standard InChI is InChI=1S/C15H17N3O3S/c1-9-10-4-3-5-12(10)18-15(11(9)6-16)22-8-13(19)17-7-14(20)21-2/h3-5,7-8H2,1-2H3,(H,17,19). The summed E-state index contributed by atoms with van der Waals surface area (Å²) in [6, 6.07) is 2.19. The smallest absolute Gasteiger partial charge is 0.325 e. The molecule has 1 amide bonds. The third-order valence-corrected chi connectivity index (χ3v) is 4.55. The van der Waals surface area contributed by atoms with Crippen molar-refractivity contribution in [1.29, 1.82) is 5.26 Å². The molecule has 0 fully saturated rings. The first kappa shape index (κ1) is 16.3. The van der Waals surface area contributed by atoms with Gasteiger partial charge in [-0.3, -0.25) is 9.59 Å². The van der Waals surface area contributed by atoms with Crippen LogP contribution in [0.25, 0.3) is 0 Å². The van der Waals surface area contributed by atoms with Gasteiger partial charge < -0.3 is 10.1 Å². The number of thioether (sulfide) groups is 1. The summed E-state index contributed by atoms with van der Waals surface area (Å²) in [6.07, 6.45) is 2.94. The van der Waals surface area contributed by atoms with E-state index in [4.69, 9.17) is 0 Å². The minimum atomic E-state index is -0.498. The van der Waals surface area contributed by atoms with Crippen LogP contribution in [0.4, 0.5) is 0 Å². The fourth-order valence-electron chi connectivity index (χ4n) is 2.41. The minimum Gasteiger partial charge on any atom is -0.468 e. The fraction of sp³-hybridized carbons (Fsp3) is 0.467. The summed E-state index contributed by atoms with van der Waals surface area (Å²) in [7, 11) is 1.26. The van der Waals surface area contributed by atoms with E-state index in [2.05, 4.69) is 21.1 Å². The van der Waals surface area contributed by atoms with Gasteiger partial charge >= 0.3 is 5.97 Å². The van der Waals surface area contributed by atoms with Crippen LogP contribution in [0.5, 0.6) is 0 Å². The van der Waals surface area contributed by atoms with E-state index in [1.54, 1.807) is 0 Å². The Morgan fingerprint density at radius 3 is 2.91 bits per heavy atom. The average molecular weight is 319 g/mol. The van der Waals surface area contributed by atoms with E-state index >= 15 is 0 Å². The number of esters is 1. The van der Waals surface area contributed by atoms with E-state index in [0.29, 0.717) is 10.6 Å². The lowest BCUT2D eigenvalue weighted by Crippen LogP contribution is -2.31. The molecule has 0 spiro atoms. The Morgan fingerprint density at radius 2 is 2.23 bits per heavy atom. The number of aromatic nitrogens is 1. The number of rotatable bonds is 5. The molecule has 0 atom stereocenters. The summed E-state index contributed by atoms with van der Waals surface area (Å²) in [6.45, 7) is 1.78. The predicted molar refractivity (Wildman–Crippen MR) is 81.5 cm³/mol. The lowest BCUT2D eigenvalue weighted by Gasteiger charge is -2.10. The number of amides is 1. The van der Waals surface area contributed by atoms with Crippen LogP contribution in [0.3, 0.4) is 0 Å². The SMILES string of the molecule is COC(=O)CNC(=O)CSc1nc2c(c(C)c1C#N)CCC2. The lowest BCUT2D eigenvalue weighted by molar-refractivity contribution is -0.140. The largest absolute Gasteiger partial charge is 0.468 e. The molecule has 2 rings (SSSR count). The van der Waals surface area contributed by atoms with Crippen molar-refractivity contribution in [3.8, 4) is 6.07 Å². The molecule has 0 aliphatic heterocycles. The third kappa shape index (κ3) is 3.57. The molecule has 0 radical (unpaired) electrons. The van der Waals surface area contributed by atoms with E-state index in [1.807, 2.05) is 6.92 Å². The zero-order valence-corrected chi connectivity index (χ0v) is 13.4. The van der Waals surface area contributed by atoms with Crippen molar-refractivity contribution in [1.82, 2.24) is 10.3 Å². The monoisotopic (exact) mass is 319 g/mol. The number of nitrogens with one attached hydrogen (secondary N) is 1. The van der Waals surface area contributed by atoms with Crippen molar-refractivity contribution in [2.75, 3.05) is 19.4 Å². The zero-order valence-electron chi connectivity index (χ0n) is 12.6. The maximum absolute atomic E-state index is 11.7. The summed E-state index contributed by atoms with van der Waals surface area (Å²) in [4.78, 5) is 27.2. The quantitative estimate of drug-likeness (QED) is 0.646. The summed E-state index contributed by atoms with van der Waals surface area (Å²) < 4.78 is 4.45. The van der Waals surface area contributed by atoms with Gasteiger partial charge in [0.2, 0.25) is 5.91 Å². The molecule has 6 nitrogen and oxygen atoms in total. The average Bonchev–Trinajstić information content (AvgIpc) is 2.99. The second-order valence-electron chi connectivity index (χ2n) is 4.95. The number of nitrogens with zero attached hydrogens (tertiary/aromatic N) is 2. The summed E-state index contributed by atoms with van der Waals surface area (Å²) >= 11 is 1.22. The Labute approximate surface area is 133 Å². The van der Waals surface area contributed by atoms with Gasteiger partial charge in [0.15, 0.2) is 0 Å². The number of pyridine rings is 1. The van der Waals surface area contributed by atoms with Crippen LogP contribution >= 0.6 is 11.8 Å². The minimum absolute atomic E-state index is 0.108. The Hall–Kier alpha value is -2.07. The molecule has 1 aliphatic carbocycles. The molecule has 0 unspecified atom stereocenters. The highest BCUT2D eigenvalue weighted by Gasteiger charge is 2.21. The highest BCUT2D eigenvalue weighted by atomic mass is 32.2. The van der Waals surface area contributed by atoms with E-state index in [9.17, 15) is 14.9 Å².